The average molecular weight is 157 g/mol. The lowest BCUT2D eigenvalue weighted by atomic mass is 10.1. The van der Waals surface area contributed by atoms with Crippen molar-refractivity contribution in [3.63, 3.8) is 0 Å². The molecule has 2 heteroatoms. The molecule has 0 bridgehead atoms. The van der Waals surface area contributed by atoms with Crippen molar-refractivity contribution in [2.24, 2.45) is 0 Å². The van der Waals surface area contributed by atoms with Crippen molar-refractivity contribution in [3.05, 3.63) is 0 Å². The van der Waals surface area contributed by atoms with Crippen LogP contribution in [0.2, 0.25) is 0 Å². The molecule has 1 aliphatic rings. The summed E-state index contributed by atoms with van der Waals surface area (Å²) in [4.78, 5) is 2.42. The Morgan fingerprint density at radius 2 is 1.91 bits per heavy atom. The lowest BCUT2D eigenvalue weighted by Crippen LogP contribution is -2.38. The lowest BCUT2D eigenvalue weighted by molar-refractivity contribution is -0.0496. The van der Waals surface area contributed by atoms with Gasteiger partial charge in [-0.1, -0.05) is 6.42 Å². The van der Waals surface area contributed by atoms with Crippen LogP contribution in [0.5, 0.6) is 0 Å². The van der Waals surface area contributed by atoms with Crippen LogP contribution in [-0.2, 0) is 4.74 Å². The van der Waals surface area contributed by atoms with Crippen LogP contribution in [0.1, 0.15) is 33.1 Å². The number of nitrogens with zero attached hydrogens (tertiary/aromatic N) is 1. The van der Waals surface area contributed by atoms with Crippen LogP contribution >= 0.6 is 0 Å². The van der Waals surface area contributed by atoms with Crippen LogP contribution in [0, 0.1) is 0 Å². The van der Waals surface area contributed by atoms with Gasteiger partial charge in [0.1, 0.15) is 6.23 Å². The summed E-state index contributed by atoms with van der Waals surface area (Å²) >= 11 is 0. The zero-order chi connectivity index (χ0) is 8.10. The van der Waals surface area contributed by atoms with E-state index >= 15 is 0 Å². The van der Waals surface area contributed by atoms with Gasteiger partial charge in [0.2, 0.25) is 0 Å². The molecule has 1 unspecified atom stereocenters. The quantitative estimate of drug-likeness (QED) is 0.620. The van der Waals surface area contributed by atoms with Gasteiger partial charge in [-0.15, -0.1) is 0 Å². The van der Waals surface area contributed by atoms with Crippen molar-refractivity contribution < 1.29 is 4.74 Å². The Kier molecular flexibility index (Phi) is 3.87. The SMILES string of the molecule is CCOC(C)N1CCCCC1. The first-order valence-electron chi connectivity index (χ1n) is 4.70. The normalized spacial score (nSPS) is 23.5. The summed E-state index contributed by atoms with van der Waals surface area (Å²) in [7, 11) is 0. The molecule has 0 N–H and O–H groups in total. The maximum Gasteiger partial charge on any atom is 0.107 e. The lowest BCUT2D eigenvalue weighted by Gasteiger charge is -2.31. The number of ether oxygens (including phenoxy) is 1. The number of rotatable bonds is 3. The fraction of sp³-hybridized carbons (Fsp3) is 1.00. The molecule has 1 saturated heterocycles. The van der Waals surface area contributed by atoms with Gasteiger partial charge in [0.15, 0.2) is 0 Å². The van der Waals surface area contributed by atoms with Gasteiger partial charge in [0, 0.05) is 19.7 Å². The molecule has 0 aliphatic carbocycles. The molecule has 1 rings (SSSR count). The highest BCUT2D eigenvalue weighted by Gasteiger charge is 2.15. The molecule has 0 amide bonds. The van der Waals surface area contributed by atoms with Gasteiger partial charge >= 0.3 is 0 Å². The number of hydrogen-bond donors (Lipinski definition) is 0. The van der Waals surface area contributed by atoms with E-state index in [0.29, 0.717) is 6.23 Å². The van der Waals surface area contributed by atoms with Crippen molar-refractivity contribution in [1.82, 2.24) is 4.90 Å². The first-order chi connectivity index (χ1) is 5.34. The Morgan fingerprint density at radius 3 is 2.45 bits per heavy atom. The molecule has 11 heavy (non-hydrogen) atoms. The zero-order valence-corrected chi connectivity index (χ0v) is 7.68. The molecule has 0 aromatic heterocycles. The van der Waals surface area contributed by atoms with E-state index in [1.165, 1.54) is 32.4 Å². The predicted octanol–water partition coefficient (Wildman–Crippen LogP) is 1.85. The number of piperidine rings is 1. The summed E-state index contributed by atoms with van der Waals surface area (Å²) in [6.07, 6.45) is 4.42. The molecule has 0 radical (unpaired) electrons. The van der Waals surface area contributed by atoms with Crippen molar-refractivity contribution in [2.45, 2.75) is 39.3 Å². The Labute approximate surface area is 69.5 Å². The highest BCUT2D eigenvalue weighted by atomic mass is 16.5. The molecule has 1 heterocycles. The van der Waals surface area contributed by atoms with E-state index in [0.717, 1.165) is 6.61 Å². The molecule has 1 fully saturated rings. The zero-order valence-electron chi connectivity index (χ0n) is 7.68. The highest BCUT2D eigenvalue weighted by Crippen LogP contribution is 2.12. The summed E-state index contributed by atoms with van der Waals surface area (Å²) < 4.78 is 5.51. The van der Waals surface area contributed by atoms with E-state index in [4.69, 9.17) is 4.74 Å². The van der Waals surface area contributed by atoms with E-state index in [2.05, 4.69) is 18.7 Å². The average Bonchev–Trinajstić information content (AvgIpc) is 2.07. The Morgan fingerprint density at radius 1 is 1.27 bits per heavy atom. The van der Waals surface area contributed by atoms with Crippen LogP contribution in [0.15, 0.2) is 0 Å². The maximum atomic E-state index is 5.51. The first-order valence-corrected chi connectivity index (χ1v) is 4.70. The predicted molar refractivity (Wildman–Crippen MR) is 46.5 cm³/mol. The van der Waals surface area contributed by atoms with E-state index in [1.807, 2.05) is 0 Å². The Bertz CT molecular complexity index is 99.7. The monoisotopic (exact) mass is 157 g/mol. The third kappa shape index (κ3) is 2.80. The van der Waals surface area contributed by atoms with Crippen LogP contribution in [0.4, 0.5) is 0 Å². The summed E-state index contributed by atoms with van der Waals surface area (Å²) in [6, 6.07) is 0. The van der Waals surface area contributed by atoms with E-state index in [9.17, 15) is 0 Å². The van der Waals surface area contributed by atoms with E-state index < -0.39 is 0 Å². The van der Waals surface area contributed by atoms with Gasteiger partial charge in [-0.2, -0.15) is 0 Å². The van der Waals surface area contributed by atoms with Gasteiger partial charge in [-0.3, -0.25) is 4.90 Å². The van der Waals surface area contributed by atoms with Crippen molar-refractivity contribution >= 4 is 0 Å². The van der Waals surface area contributed by atoms with Gasteiger partial charge < -0.3 is 4.74 Å². The summed E-state index contributed by atoms with van der Waals surface area (Å²) in [5.74, 6) is 0. The highest BCUT2D eigenvalue weighted by molar-refractivity contribution is 4.65. The van der Waals surface area contributed by atoms with E-state index in [1.54, 1.807) is 0 Å². The second kappa shape index (κ2) is 4.73. The second-order valence-electron chi connectivity index (χ2n) is 3.15. The van der Waals surface area contributed by atoms with Gasteiger partial charge in [-0.05, 0) is 26.7 Å². The molecule has 0 aromatic rings. The molecule has 66 valence electrons. The molecule has 0 aromatic carbocycles. The van der Waals surface area contributed by atoms with Gasteiger partial charge in [-0.25, -0.2) is 0 Å². The second-order valence-corrected chi connectivity index (χ2v) is 3.15. The topological polar surface area (TPSA) is 12.5 Å². The summed E-state index contributed by atoms with van der Waals surface area (Å²) in [6.45, 7) is 7.48. The van der Waals surface area contributed by atoms with Crippen LogP contribution in [-0.4, -0.2) is 30.8 Å². The molecular formula is C9H19NO. The fourth-order valence-corrected chi connectivity index (χ4v) is 1.63. The van der Waals surface area contributed by atoms with Crippen molar-refractivity contribution in [1.29, 1.82) is 0 Å². The summed E-state index contributed by atoms with van der Waals surface area (Å²) in [5.41, 5.74) is 0. The summed E-state index contributed by atoms with van der Waals surface area (Å²) in [5, 5.41) is 0. The smallest absolute Gasteiger partial charge is 0.107 e. The van der Waals surface area contributed by atoms with E-state index in [-0.39, 0.29) is 0 Å². The van der Waals surface area contributed by atoms with Crippen molar-refractivity contribution in [3.8, 4) is 0 Å². The van der Waals surface area contributed by atoms with Gasteiger partial charge in [0.25, 0.3) is 0 Å². The number of likely N-dealkylation sites (tertiary alicyclic amines) is 1. The molecule has 0 spiro atoms. The minimum atomic E-state index is 0.334. The van der Waals surface area contributed by atoms with Gasteiger partial charge in [0.05, 0.1) is 0 Å². The van der Waals surface area contributed by atoms with Crippen LogP contribution in [0.3, 0.4) is 0 Å². The fourth-order valence-electron chi connectivity index (χ4n) is 1.63. The maximum absolute atomic E-state index is 5.51. The largest absolute Gasteiger partial charge is 0.364 e. The van der Waals surface area contributed by atoms with Crippen LogP contribution in [0.25, 0.3) is 0 Å². The Hall–Kier alpha value is -0.0800. The molecule has 0 saturated carbocycles. The third-order valence-corrected chi connectivity index (χ3v) is 2.31. The minimum Gasteiger partial charge on any atom is -0.364 e. The molecule has 2 nitrogen and oxygen atoms in total. The standard InChI is InChI=1S/C9H19NO/c1-3-11-9(2)10-7-5-4-6-8-10/h9H,3-8H2,1-2H3. The first kappa shape index (κ1) is 9.01. The number of hydrogen-bond acceptors (Lipinski definition) is 2. The van der Waals surface area contributed by atoms with Crippen molar-refractivity contribution in [2.75, 3.05) is 19.7 Å². The molecular weight excluding hydrogens is 138 g/mol. The molecule has 1 aliphatic heterocycles. The Balaban J connectivity index is 2.21. The van der Waals surface area contributed by atoms with Crippen LogP contribution < -0.4 is 0 Å². The molecule has 1 atom stereocenters. The minimum absolute atomic E-state index is 0.334. The third-order valence-electron chi connectivity index (χ3n) is 2.31.